The molecule has 1 amide bonds. The molecular formula is C25H27N3O5S. The Morgan fingerprint density at radius 1 is 0.971 bits per heavy atom. The van der Waals surface area contributed by atoms with Crippen LogP contribution in [0.15, 0.2) is 71.6 Å². The van der Waals surface area contributed by atoms with Crippen LogP contribution in [-0.4, -0.2) is 25.8 Å². The number of aryl methyl sites for hydroxylation is 3. The lowest BCUT2D eigenvalue weighted by Gasteiger charge is -2.25. The van der Waals surface area contributed by atoms with E-state index < -0.39 is 27.4 Å². The van der Waals surface area contributed by atoms with Crippen molar-refractivity contribution >= 4 is 27.3 Å². The zero-order valence-corrected chi connectivity index (χ0v) is 20.3. The molecule has 0 radical (unpaired) electrons. The molecule has 0 aliphatic heterocycles. The Morgan fingerprint density at radius 2 is 1.56 bits per heavy atom. The smallest absolute Gasteiger partial charge is 0.269 e. The normalized spacial score (nSPS) is 12.1. The predicted molar refractivity (Wildman–Crippen MR) is 131 cm³/mol. The van der Waals surface area contributed by atoms with Crippen molar-refractivity contribution in [2.75, 3.05) is 10.8 Å². The van der Waals surface area contributed by atoms with Crippen molar-refractivity contribution in [1.29, 1.82) is 0 Å². The predicted octanol–water partition coefficient (Wildman–Crippen LogP) is 4.59. The van der Waals surface area contributed by atoms with E-state index >= 15 is 0 Å². The lowest BCUT2D eigenvalue weighted by molar-refractivity contribution is -0.384. The van der Waals surface area contributed by atoms with Crippen molar-refractivity contribution in [2.24, 2.45) is 0 Å². The molecule has 0 aliphatic rings. The lowest BCUT2D eigenvalue weighted by atomic mass is 9.96. The van der Waals surface area contributed by atoms with E-state index in [1.165, 1.54) is 36.4 Å². The van der Waals surface area contributed by atoms with Gasteiger partial charge in [-0.25, -0.2) is 8.42 Å². The van der Waals surface area contributed by atoms with Gasteiger partial charge in [-0.15, -0.1) is 0 Å². The van der Waals surface area contributed by atoms with E-state index in [0.29, 0.717) is 0 Å². The maximum Gasteiger partial charge on any atom is 0.269 e. The fourth-order valence-corrected chi connectivity index (χ4v) is 5.16. The number of sulfonamides is 1. The van der Waals surface area contributed by atoms with Gasteiger partial charge in [0.1, 0.15) is 6.54 Å². The number of carbonyl (C=O) groups excluding carboxylic acids is 1. The topological polar surface area (TPSA) is 110 Å². The second-order valence-corrected chi connectivity index (χ2v) is 10.0. The van der Waals surface area contributed by atoms with Crippen LogP contribution in [0.5, 0.6) is 0 Å². The maximum atomic E-state index is 13.4. The van der Waals surface area contributed by atoms with Gasteiger partial charge in [0.2, 0.25) is 5.91 Å². The molecule has 0 fully saturated rings. The Kier molecular flexibility index (Phi) is 7.36. The summed E-state index contributed by atoms with van der Waals surface area (Å²) in [5.74, 6) is -0.497. The van der Waals surface area contributed by atoms with Gasteiger partial charge in [0.25, 0.3) is 15.7 Å². The molecule has 34 heavy (non-hydrogen) atoms. The molecule has 3 aromatic rings. The number of non-ortho nitro benzene ring substituents is 1. The summed E-state index contributed by atoms with van der Waals surface area (Å²) in [5.41, 5.74) is 4.20. The van der Waals surface area contributed by atoms with E-state index in [9.17, 15) is 23.3 Å². The van der Waals surface area contributed by atoms with Gasteiger partial charge in [-0.05, 0) is 74.2 Å². The minimum absolute atomic E-state index is 0.0132. The van der Waals surface area contributed by atoms with Gasteiger partial charge in [0, 0.05) is 12.1 Å². The highest BCUT2D eigenvalue weighted by molar-refractivity contribution is 7.92. The molecule has 8 nitrogen and oxygen atoms in total. The second kappa shape index (κ2) is 10.0. The van der Waals surface area contributed by atoms with Gasteiger partial charge in [-0.3, -0.25) is 19.2 Å². The Morgan fingerprint density at radius 3 is 2.15 bits per heavy atom. The Labute approximate surface area is 199 Å². The van der Waals surface area contributed by atoms with E-state index in [2.05, 4.69) is 11.4 Å². The number of nitrogens with one attached hydrogen (secondary N) is 1. The van der Waals surface area contributed by atoms with Crippen LogP contribution in [0.25, 0.3) is 0 Å². The van der Waals surface area contributed by atoms with Gasteiger partial charge >= 0.3 is 0 Å². The average molecular weight is 482 g/mol. The molecule has 0 bridgehead atoms. The third-order valence-electron chi connectivity index (χ3n) is 5.69. The van der Waals surface area contributed by atoms with E-state index in [1.54, 1.807) is 18.2 Å². The Hall–Kier alpha value is -3.72. The number of nitrogens with zero attached hydrogens (tertiary/aromatic N) is 2. The van der Waals surface area contributed by atoms with Crippen LogP contribution in [0.2, 0.25) is 0 Å². The van der Waals surface area contributed by atoms with Gasteiger partial charge in [-0.1, -0.05) is 30.3 Å². The molecule has 0 saturated carbocycles. The van der Waals surface area contributed by atoms with Crippen LogP contribution >= 0.6 is 0 Å². The summed E-state index contributed by atoms with van der Waals surface area (Å²) in [6.45, 7) is 7.34. The summed E-state index contributed by atoms with van der Waals surface area (Å²) in [7, 11) is -4.10. The molecule has 1 atom stereocenters. The molecule has 3 rings (SSSR count). The van der Waals surface area contributed by atoms with E-state index in [4.69, 9.17) is 0 Å². The number of hydrogen-bond donors (Lipinski definition) is 1. The Balaban J connectivity index is 1.91. The molecule has 3 aromatic carbocycles. The minimum Gasteiger partial charge on any atom is -0.348 e. The van der Waals surface area contributed by atoms with Crippen molar-refractivity contribution in [3.05, 3.63) is 99.1 Å². The fourth-order valence-electron chi connectivity index (χ4n) is 3.72. The SMILES string of the molecule is Cc1cc(C)c([C@@H](C)NC(=O)CN(c2ccc([N+](=O)[O-])cc2)S(=O)(=O)c2ccccc2)cc1C. The number of nitro benzene ring substituents is 1. The maximum absolute atomic E-state index is 13.4. The summed E-state index contributed by atoms with van der Waals surface area (Å²) in [5, 5.41) is 13.9. The number of anilines is 1. The molecule has 0 aliphatic carbocycles. The first-order chi connectivity index (χ1) is 16.0. The average Bonchev–Trinajstić information content (AvgIpc) is 2.80. The highest BCUT2D eigenvalue weighted by atomic mass is 32.2. The molecule has 0 saturated heterocycles. The first-order valence-corrected chi connectivity index (χ1v) is 12.1. The zero-order valence-electron chi connectivity index (χ0n) is 19.5. The van der Waals surface area contributed by atoms with Gasteiger partial charge in [0.15, 0.2) is 0 Å². The van der Waals surface area contributed by atoms with E-state index in [1.807, 2.05) is 33.8 Å². The zero-order chi connectivity index (χ0) is 25.0. The van der Waals surface area contributed by atoms with Crippen LogP contribution in [0, 0.1) is 30.9 Å². The third kappa shape index (κ3) is 5.43. The fraction of sp³-hybridized carbons (Fsp3) is 0.240. The molecule has 0 heterocycles. The molecule has 9 heteroatoms. The summed E-state index contributed by atoms with van der Waals surface area (Å²) < 4.78 is 27.7. The first-order valence-electron chi connectivity index (χ1n) is 10.7. The largest absolute Gasteiger partial charge is 0.348 e. The molecule has 1 N–H and O–H groups in total. The number of rotatable bonds is 8. The van der Waals surface area contributed by atoms with E-state index in [0.717, 1.165) is 26.6 Å². The number of amides is 1. The Bertz CT molecular complexity index is 1310. The van der Waals surface area contributed by atoms with Crippen molar-refractivity contribution in [1.82, 2.24) is 5.32 Å². The van der Waals surface area contributed by atoms with Crippen molar-refractivity contribution in [3.8, 4) is 0 Å². The van der Waals surface area contributed by atoms with Crippen LogP contribution < -0.4 is 9.62 Å². The second-order valence-electron chi connectivity index (χ2n) is 8.18. The van der Waals surface area contributed by atoms with Gasteiger partial charge < -0.3 is 5.32 Å². The van der Waals surface area contributed by atoms with Crippen molar-refractivity contribution < 1.29 is 18.1 Å². The third-order valence-corrected chi connectivity index (χ3v) is 7.48. The van der Waals surface area contributed by atoms with Crippen LogP contribution in [-0.2, 0) is 14.8 Å². The van der Waals surface area contributed by atoms with Crippen molar-refractivity contribution in [2.45, 2.75) is 38.6 Å². The molecule has 0 spiro atoms. The summed E-state index contributed by atoms with van der Waals surface area (Å²) >= 11 is 0. The van der Waals surface area contributed by atoms with Gasteiger partial charge in [0.05, 0.1) is 21.5 Å². The number of hydrogen-bond acceptors (Lipinski definition) is 5. The van der Waals surface area contributed by atoms with Crippen LogP contribution in [0.3, 0.4) is 0 Å². The van der Waals surface area contributed by atoms with Crippen LogP contribution in [0.1, 0.15) is 35.2 Å². The summed E-state index contributed by atoms with van der Waals surface area (Å²) in [6.07, 6.45) is 0. The number of benzene rings is 3. The number of nitro groups is 1. The molecule has 0 unspecified atom stereocenters. The molecular weight excluding hydrogens is 454 g/mol. The minimum atomic E-state index is -4.10. The van der Waals surface area contributed by atoms with E-state index in [-0.39, 0.29) is 22.3 Å². The summed E-state index contributed by atoms with van der Waals surface area (Å²) in [4.78, 5) is 23.5. The molecule has 178 valence electrons. The highest BCUT2D eigenvalue weighted by Crippen LogP contribution is 2.26. The number of carbonyl (C=O) groups is 1. The molecule has 0 aromatic heterocycles. The monoisotopic (exact) mass is 481 g/mol. The standard InChI is InChI=1S/C25H27N3O5S/c1-17-14-19(3)24(15-18(17)2)20(4)26-25(29)16-27(21-10-12-22(13-11-21)28(30)31)34(32,33)23-8-6-5-7-9-23/h5-15,20H,16H2,1-4H3,(H,26,29)/t20-/m1/s1. The van der Waals surface area contributed by atoms with Gasteiger partial charge in [-0.2, -0.15) is 0 Å². The van der Waals surface area contributed by atoms with Crippen molar-refractivity contribution in [3.63, 3.8) is 0 Å². The van der Waals surface area contributed by atoms with Crippen LogP contribution in [0.4, 0.5) is 11.4 Å². The lowest BCUT2D eigenvalue weighted by Crippen LogP contribution is -2.41. The quantitative estimate of drug-likeness (QED) is 0.374. The summed E-state index contributed by atoms with van der Waals surface area (Å²) in [6, 6.07) is 16.5. The first kappa shape index (κ1) is 24.9. The highest BCUT2D eigenvalue weighted by Gasteiger charge is 2.28.